The highest BCUT2D eigenvalue weighted by Gasteiger charge is 2.10. The van der Waals surface area contributed by atoms with Crippen LogP contribution in [0.2, 0.25) is 5.02 Å². The predicted octanol–water partition coefficient (Wildman–Crippen LogP) is 4.07. The molecular weight excluding hydrogens is 256 g/mol. The third-order valence-electron chi connectivity index (χ3n) is 3.07. The maximum atomic E-state index is 5.89. The molecule has 2 rings (SSSR count). The van der Waals surface area contributed by atoms with Crippen LogP contribution >= 0.6 is 11.6 Å². The van der Waals surface area contributed by atoms with Crippen molar-refractivity contribution in [3.63, 3.8) is 0 Å². The summed E-state index contributed by atoms with van der Waals surface area (Å²) in [6, 6.07) is 14.3. The smallest absolute Gasteiger partial charge is 0.0636 e. The van der Waals surface area contributed by atoms with Gasteiger partial charge in [0.15, 0.2) is 0 Å². The number of benzene rings is 2. The highest BCUT2D eigenvalue weighted by atomic mass is 35.5. The second-order valence-electron chi connectivity index (χ2n) is 4.86. The summed E-state index contributed by atoms with van der Waals surface area (Å²) in [6.45, 7) is 4.75. The Balaban J connectivity index is 2.22. The first-order valence-electron chi connectivity index (χ1n) is 6.39. The number of hydrogen-bond acceptors (Lipinski definition) is 2. The van der Waals surface area contributed by atoms with Crippen LogP contribution in [-0.2, 0) is 0 Å². The number of halogens is 1. The van der Waals surface area contributed by atoms with Crippen molar-refractivity contribution in [1.82, 2.24) is 0 Å². The summed E-state index contributed by atoms with van der Waals surface area (Å²) in [5, 5.41) is 4.18. The fraction of sp³-hybridized carbons (Fsp3) is 0.250. The van der Waals surface area contributed by atoms with Gasteiger partial charge in [0.1, 0.15) is 0 Å². The molecule has 0 saturated heterocycles. The van der Waals surface area contributed by atoms with Gasteiger partial charge in [-0.1, -0.05) is 40.9 Å². The Hall–Kier alpha value is -1.51. The number of nitrogens with one attached hydrogen (secondary N) is 1. The molecule has 2 aromatic carbocycles. The molecule has 0 amide bonds. The van der Waals surface area contributed by atoms with Crippen LogP contribution in [0.5, 0.6) is 0 Å². The SMILES string of the molecule is Cc1cc(C)cc(C(CN)Nc2ccc(Cl)cc2)c1. The molecule has 0 saturated carbocycles. The average molecular weight is 275 g/mol. The molecule has 3 N–H and O–H groups in total. The Morgan fingerprint density at radius 1 is 1.05 bits per heavy atom. The van der Waals surface area contributed by atoms with E-state index in [-0.39, 0.29) is 6.04 Å². The molecule has 2 nitrogen and oxygen atoms in total. The second-order valence-corrected chi connectivity index (χ2v) is 5.30. The molecule has 0 aromatic heterocycles. The van der Waals surface area contributed by atoms with E-state index in [1.807, 2.05) is 24.3 Å². The number of rotatable bonds is 4. The Labute approximate surface area is 119 Å². The Morgan fingerprint density at radius 2 is 1.63 bits per heavy atom. The van der Waals surface area contributed by atoms with E-state index in [1.54, 1.807) is 0 Å². The van der Waals surface area contributed by atoms with Gasteiger partial charge in [0, 0.05) is 17.3 Å². The van der Waals surface area contributed by atoms with E-state index >= 15 is 0 Å². The first-order valence-corrected chi connectivity index (χ1v) is 6.76. The van der Waals surface area contributed by atoms with Gasteiger partial charge in [-0.15, -0.1) is 0 Å². The fourth-order valence-corrected chi connectivity index (χ4v) is 2.36. The number of anilines is 1. The van der Waals surface area contributed by atoms with Gasteiger partial charge in [-0.25, -0.2) is 0 Å². The van der Waals surface area contributed by atoms with Crippen molar-refractivity contribution >= 4 is 17.3 Å². The van der Waals surface area contributed by atoms with Gasteiger partial charge in [0.25, 0.3) is 0 Å². The van der Waals surface area contributed by atoms with Crippen LogP contribution < -0.4 is 11.1 Å². The third kappa shape index (κ3) is 3.72. The molecule has 19 heavy (non-hydrogen) atoms. The molecule has 2 aromatic rings. The third-order valence-corrected chi connectivity index (χ3v) is 3.32. The van der Waals surface area contributed by atoms with Crippen molar-refractivity contribution in [2.24, 2.45) is 5.73 Å². The zero-order valence-corrected chi connectivity index (χ0v) is 12.0. The van der Waals surface area contributed by atoms with Crippen molar-refractivity contribution in [3.05, 3.63) is 64.2 Å². The summed E-state index contributed by atoms with van der Waals surface area (Å²) in [4.78, 5) is 0. The minimum absolute atomic E-state index is 0.111. The lowest BCUT2D eigenvalue weighted by molar-refractivity contribution is 0.788. The van der Waals surface area contributed by atoms with Crippen molar-refractivity contribution in [2.75, 3.05) is 11.9 Å². The monoisotopic (exact) mass is 274 g/mol. The molecule has 0 aliphatic rings. The normalized spacial score (nSPS) is 12.2. The largest absolute Gasteiger partial charge is 0.377 e. The molecule has 100 valence electrons. The summed E-state index contributed by atoms with van der Waals surface area (Å²) in [6.07, 6.45) is 0. The predicted molar refractivity (Wildman–Crippen MR) is 82.8 cm³/mol. The zero-order chi connectivity index (χ0) is 13.8. The lowest BCUT2D eigenvalue weighted by Crippen LogP contribution is -2.20. The molecule has 0 bridgehead atoms. The standard InChI is InChI=1S/C16H19ClN2/c1-11-7-12(2)9-13(8-11)16(10-18)19-15-5-3-14(17)4-6-15/h3-9,16,19H,10,18H2,1-2H3. The summed E-state index contributed by atoms with van der Waals surface area (Å²) in [5.41, 5.74) is 10.7. The topological polar surface area (TPSA) is 38.0 Å². The van der Waals surface area contributed by atoms with Crippen molar-refractivity contribution in [3.8, 4) is 0 Å². The van der Waals surface area contributed by atoms with Crippen LogP contribution in [0.1, 0.15) is 22.7 Å². The highest BCUT2D eigenvalue weighted by molar-refractivity contribution is 6.30. The van der Waals surface area contributed by atoms with E-state index in [0.29, 0.717) is 6.54 Å². The van der Waals surface area contributed by atoms with Crippen LogP contribution in [-0.4, -0.2) is 6.54 Å². The molecule has 0 aliphatic heterocycles. The Morgan fingerprint density at radius 3 is 2.16 bits per heavy atom. The van der Waals surface area contributed by atoms with Crippen molar-refractivity contribution < 1.29 is 0 Å². The molecule has 0 radical (unpaired) electrons. The van der Waals surface area contributed by atoms with E-state index in [1.165, 1.54) is 16.7 Å². The lowest BCUT2D eigenvalue weighted by Gasteiger charge is -2.20. The fourth-order valence-electron chi connectivity index (χ4n) is 2.24. The Kier molecular flexibility index (Phi) is 4.46. The summed E-state index contributed by atoms with van der Waals surface area (Å²) < 4.78 is 0. The molecule has 0 aliphatic carbocycles. The van der Waals surface area contributed by atoms with Crippen LogP contribution in [0.4, 0.5) is 5.69 Å². The molecule has 1 unspecified atom stereocenters. The molecular formula is C16H19ClN2. The number of hydrogen-bond donors (Lipinski definition) is 2. The molecule has 3 heteroatoms. The van der Waals surface area contributed by atoms with Crippen molar-refractivity contribution in [1.29, 1.82) is 0 Å². The molecule has 0 heterocycles. The van der Waals surface area contributed by atoms with Gasteiger partial charge in [0.05, 0.1) is 6.04 Å². The minimum atomic E-state index is 0.111. The van der Waals surface area contributed by atoms with E-state index in [4.69, 9.17) is 17.3 Å². The first-order chi connectivity index (χ1) is 9.08. The van der Waals surface area contributed by atoms with Gasteiger partial charge in [-0.05, 0) is 43.7 Å². The number of nitrogens with two attached hydrogens (primary N) is 1. The summed E-state index contributed by atoms with van der Waals surface area (Å²) >= 11 is 5.89. The van der Waals surface area contributed by atoms with Gasteiger partial charge < -0.3 is 11.1 Å². The Bertz CT molecular complexity index is 529. The average Bonchev–Trinajstić information content (AvgIpc) is 2.37. The molecule has 1 atom stereocenters. The lowest BCUT2D eigenvalue weighted by atomic mass is 10.0. The quantitative estimate of drug-likeness (QED) is 0.882. The van der Waals surface area contributed by atoms with Crippen LogP contribution in [0, 0.1) is 13.8 Å². The van der Waals surface area contributed by atoms with E-state index in [0.717, 1.165) is 10.7 Å². The molecule has 0 fully saturated rings. The van der Waals surface area contributed by atoms with Gasteiger partial charge >= 0.3 is 0 Å². The zero-order valence-electron chi connectivity index (χ0n) is 11.3. The van der Waals surface area contributed by atoms with Gasteiger partial charge in [-0.2, -0.15) is 0 Å². The van der Waals surface area contributed by atoms with Crippen molar-refractivity contribution in [2.45, 2.75) is 19.9 Å². The van der Waals surface area contributed by atoms with E-state index in [2.05, 4.69) is 37.4 Å². The molecule has 0 spiro atoms. The van der Waals surface area contributed by atoms with Gasteiger partial charge in [-0.3, -0.25) is 0 Å². The van der Waals surface area contributed by atoms with E-state index in [9.17, 15) is 0 Å². The van der Waals surface area contributed by atoms with Gasteiger partial charge in [0.2, 0.25) is 0 Å². The van der Waals surface area contributed by atoms with Crippen LogP contribution in [0.15, 0.2) is 42.5 Å². The first kappa shape index (κ1) is 13.9. The summed E-state index contributed by atoms with van der Waals surface area (Å²) in [7, 11) is 0. The maximum Gasteiger partial charge on any atom is 0.0636 e. The number of aryl methyl sites for hydroxylation is 2. The van der Waals surface area contributed by atoms with E-state index < -0.39 is 0 Å². The minimum Gasteiger partial charge on any atom is -0.377 e. The second kappa shape index (κ2) is 6.09. The highest BCUT2D eigenvalue weighted by Crippen LogP contribution is 2.22. The van der Waals surface area contributed by atoms with Crippen LogP contribution in [0.25, 0.3) is 0 Å². The summed E-state index contributed by atoms with van der Waals surface area (Å²) in [5.74, 6) is 0. The maximum absolute atomic E-state index is 5.89. The van der Waals surface area contributed by atoms with Crippen LogP contribution in [0.3, 0.4) is 0 Å².